The summed E-state index contributed by atoms with van der Waals surface area (Å²) in [6.07, 6.45) is 0.909. The lowest BCUT2D eigenvalue weighted by molar-refractivity contribution is 0.0526. The van der Waals surface area contributed by atoms with Crippen molar-refractivity contribution in [2.75, 3.05) is 32.8 Å². The molecule has 0 N–H and O–H groups in total. The van der Waals surface area contributed by atoms with E-state index in [2.05, 4.69) is 6.92 Å². The van der Waals surface area contributed by atoms with Gasteiger partial charge in [0.05, 0.1) is 17.1 Å². The van der Waals surface area contributed by atoms with Gasteiger partial charge in [-0.05, 0) is 55.3 Å². The first-order chi connectivity index (χ1) is 14.4. The van der Waals surface area contributed by atoms with Crippen molar-refractivity contribution in [2.24, 2.45) is 0 Å². The van der Waals surface area contributed by atoms with Gasteiger partial charge in [0.25, 0.3) is 5.91 Å². The number of carbonyl (C=O) groups excluding carboxylic acids is 2. The molecule has 0 atom stereocenters. The lowest BCUT2D eigenvalue weighted by Gasteiger charge is -2.34. The number of rotatable bonds is 6. The fourth-order valence-corrected chi connectivity index (χ4v) is 4.75. The highest BCUT2D eigenvalue weighted by Crippen LogP contribution is 2.20. The van der Waals surface area contributed by atoms with Crippen LogP contribution in [0.3, 0.4) is 0 Å². The largest absolute Gasteiger partial charge is 0.462 e. The molecule has 1 aliphatic heterocycles. The predicted octanol–water partition coefficient (Wildman–Crippen LogP) is 2.57. The predicted molar refractivity (Wildman–Crippen MR) is 113 cm³/mol. The van der Waals surface area contributed by atoms with Gasteiger partial charge in [0, 0.05) is 31.7 Å². The van der Waals surface area contributed by atoms with Gasteiger partial charge >= 0.3 is 5.97 Å². The smallest absolute Gasteiger partial charge is 0.338 e. The Kier molecular flexibility index (Phi) is 6.89. The zero-order chi connectivity index (χ0) is 21.7. The van der Waals surface area contributed by atoms with E-state index in [9.17, 15) is 18.0 Å². The Morgan fingerprint density at radius 3 is 1.97 bits per heavy atom. The van der Waals surface area contributed by atoms with Crippen LogP contribution >= 0.6 is 0 Å². The average Bonchev–Trinajstić information content (AvgIpc) is 2.79. The number of ether oxygens (including phenoxy) is 1. The van der Waals surface area contributed by atoms with E-state index in [0.717, 1.165) is 12.0 Å². The third kappa shape index (κ3) is 4.71. The van der Waals surface area contributed by atoms with Crippen LogP contribution in [0.25, 0.3) is 0 Å². The van der Waals surface area contributed by atoms with E-state index in [1.54, 1.807) is 11.8 Å². The molecule has 1 fully saturated rings. The molecule has 30 heavy (non-hydrogen) atoms. The molecule has 1 aliphatic rings. The molecule has 0 radical (unpaired) electrons. The number of amides is 1. The third-order valence-electron chi connectivity index (χ3n) is 5.14. The van der Waals surface area contributed by atoms with Crippen molar-refractivity contribution in [2.45, 2.75) is 25.2 Å². The summed E-state index contributed by atoms with van der Waals surface area (Å²) in [5, 5.41) is 0. The van der Waals surface area contributed by atoms with E-state index in [1.165, 1.54) is 28.6 Å². The van der Waals surface area contributed by atoms with E-state index in [-0.39, 0.29) is 30.5 Å². The standard InChI is InChI=1S/C22H26N2O5S/c1-3-17-5-7-18(8-6-17)21(25)23-13-15-24(16-14-23)30(27,28)20-11-9-19(10-12-20)22(26)29-4-2/h5-12H,3-4,13-16H2,1-2H3. The molecule has 1 amide bonds. The van der Waals surface area contributed by atoms with Crippen molar-refractivity contribution in [1.82, 2.24) is 9.21 Å². The fourth-order valence-electron chi connectivity index (χ4n) is 3.32. The van der Waals surface area contributed by atoms with E-state index in [1.807, 2.05) is 24.3 Å². The number of hydrogen-bond acceptors (Lipinski definition) is 5. The van der Waals surface area contributed by atoms with Gasteiger partial charge < -0.3 is 9.64 Å². The third-order valence-corrected chi connectivity index (χ3v) is 7.05. The minimum atomic E-state index is -3.70. The Morgan fingerprint density at radius 2 is 1.43 bits per heavy atom. The van der Waals surface area contributed by atoms with E-state index >= 15 is 0 Å². The second kappa shape index (κ2) is 9.40. The van der Waals surface area contributed by atoms with Gasteiger partial charge in [-0.3, -0.25) is 4.79 Å². The molecule has 0 aromatic heterocycles. The minimum absolute atomic E-state index is 0.0894. The molecule has 0 spiro atoms. The molecule has 3 rings (SSSR count). The maximum Gasteiger partial charge on any atom is 0.338 e. The SMILES string of the molecule is CCOC(=O)c1ccc(S(=O)(=O)N2CCN(C(=O)c3ccc(CC)cc3)CC2)cc1. The maximum atomic E-state index is 12.9. The molecular formula is C22H26N2O5S. The molecule has 2 aromatic rings. The first kappa shape index (κ1) is 22.0. The summed E-state index contributed by atoms with van der Waals surface area (Å²) >= 11 is 0. The van der Waals surface area contributed by atoms with E-state index in [4.69, 9.17) is 4.74 Å². The van der Waals surface area contributed by atoms with Crippen LogP contribution < -0.4 is 0 Å². The number of hydrogen-bond donors (Lipinski definition) is 0. The van der Waals surface area contributed by atoms with Crippen molar-refractivity contribution < 1.29 is 22.7 Å². The fraction of sp³-hybridized carbons (Fsp3) is 0.364. The molecule has 0 bridgehead atoms. The number of aryl methyl sites for hydroxylation is 1. The summed E-state index contributed by atoms with van der Waals surface area (Å²) in [7, 11) is -3.70. The van der Waals surface area contributed by atoms with Crippen LogP contribution in [0.2, 0.25) is 0 Å². The Morgan fingerprint density at radius 1 is 0.867 bits per heavy atom. The molecule has 0 saturated carbocycles. The van der Waals surface area contributed by atoms with Crippen LogP contribution in [0.4, 0.5) is 0 Å². The number of benzene rings is 2. The minimum Gasteiger partial charge on any atom is -0.462 e. The van der Waals surface area contributed by atoms with Gasteiger partial charge in [0.1, 0.15) is 0 Å². The second-order valence-electron chi connectivity index (χ2n) is 6.99. The molecule has 7 nitrogen and oxygen atoms in total. The van der Waals surface area contributed by atoms with Gasteiger partial charge in [-0.25, -0.2) is 13.2 Å². The summed E-state index contributed by atoms with van der Waals surface area (Å²) in [6, 6.07) is 13.2. The average molecular weight is 431 g/mol. The summed E-state index contributed by atoms with van der Waals surface area (Å²) < 4.78 is 32.1. The van der Waals surface area contributed by atoms with Crippen LogP contribution in [-0.2, 0) is 21.2 Å². The van der Waals surface area contributed by atoms with Gasteiger partial charge in [-0.15, -0.1) is 0 Å². The normalized spacial score (nSPS) is 15.1. The Bertz CT molecular complexity index is 993. The van der Waals surface area contributed by atoms with Crippen LogP contribution in [0.15, 0.2) is 53.4 Å². The summed E-state index contributed by atoms with van der Waals surface area (Å²) in [5.74, 6) is -0.575. The van der Waals surface area contributed by atoms with Crippen LogP contribution in [0.1, 0.15) is 40.1 Å². The van der Waals surface area contributed by atoms with Crippen LogP contribution in [0.5, 0.6) is 0 Å². The topological polar surface area (TPSA) is 84.0 Å². The Hall–Kier alpha value is -2.71. The number of carbonyl (C=O) groups is 2. The molecule has 160 valence electrons. The van der Waals surface area contributed by atoms with Crippen molar-refractivity contribution in [1.29, 1.82) is 0 Å². The zero-order valence-corrected chi connectivity index (χ0v) is 18.0. The number of esters is 1. The summed E-state index contributed by atoms with van der Waals surface area (Å²) in [4.78, 5) is 26.2. The zero-order valence-electron chi connectivity index (χ0n) is 17.2. The Balaban J connectivity index is 1.64. The molecule has 8 heteroatoms. The van der Waals surface area contributed by atoms with E-state index in [0.29, 0.717) is 24.2 Å². The highest BCUT2D eigenvalue weighted by Gasteiger charge is 2.30. The summed E-state index contributed by atoms with van der Waals surface area (Å²) in [5.41, 5.74) is 2.08. The number of piperazine rings is 1. The van der Waals surface area contributed by atoms with E-state index < -0.39 is 16.0 Å². The monoisotopic (exact) mass is 430 g/mol. The summed E-state index contributed by atoms with van der Waals surface area (Å²) in [6.45, 7) is 5.12. The molecule has 0 unspecified atom stereocenters. The Labute approximate surface area is 177 Å². The van der Waals surface area contributed by atoms with Crippen molar-refractivity contribution in [3.63, 3.8) is 0 Å². The van der Waals surface area contributed by atoms with Gasteiger partial charge in [-0.2, -0.15) is 4.31 Å². The molecule has 1 saturated heterocycles. The van der Waals surface area contributed by atoms with Crippen LogP contribution in [0, 0.1) is 0 Å². The van der Waals surface area contributed by atoms with Gasteiger partial charge in [0.15, 0.2) is 0 Å². The molecular weight excluding hydrogens is 404 g/mol. The molecule has 2 aromatic carbocycles. The van der Waals surface area contributed by atoms with Crippen LogP contribution in [-0.4, -0.2) is 62.3 Å². The van der Waals surface area contributed by atoms with Crippen molar-refractivity contribution >= 4 is 21.9 Å². The van der Waals surface area contributed by atoms with Gasteiger partial charge in [0.2, 0.25) is 10.0 Å². The van der Waals surface area contributed by atoms with Gasteiger partial charge in [-0.1, -0.05) is 19.1 Å². The number of nitrogens with zero attached hydrogens (tertiary/aromatic N) is 2. The highest BCUT2D eigenvalue weighted by atomic mass is 32.2. The number of sulfonamides is 1. The first-order valence-electron chi connectivity index (χ1n) is 10.0. The second-order valence-corrected chi connectivity index (χ2v) is 8.93. The maximum absolute atomic E-state index is 12.9. The van der Waals surface area contributed by atoms with Crippen molar-refractivity contribution in [3.8, 4) is 0 Å². The van der Waals surface area contributed by atoms with Crippen molar-refractivity contribution in [3.05, 3.63) is 65.2 Å². The highest BCUT2D eigenvalue weighted by molar-refractivity contribution is 7.89. The lowest BCUT2D eigenvalue weighted by Crippen LogP contribution is -2.50. The first-order valence-corrected chi connectivity index (χ1v) is 11.5. The molecule has 0 aliphatic carbocycles. The lowest BCUT2D eigenvalue weighted by atomic mass is 10.1. The molecule has 1 heterocycles. The quantitative estimate of drug-likeness (QED) is 0.658.